The number of para-hydroxylation sites is 1. The van der Waals surface area contributed by atoms with Crippen LogP contribution in [-0.2, 0) is 6.54 Å². The lowest BCUT2D eigenvalue weighted by Gasteiger charge is -2.29. The van der Waals surface area contributed by atoms with Crippen LogP contribution in [-0.4, -0.2) is 39.3 Å². The number of hydrogen-bond acceptors (Lipinski definition) is 1. The van der Waals surface area contributed by atoms with Crippen molar-refractivity contribution in [1.29, 1.82) is 0 Å². The van der Waals surface area contributed by atoms with Gasteiger partial charge in [0.05, 0.1) is 0 Å². The fraction of sp³-hybridized carbons (Fsp3) is 0.400. The molecule has 1 aliphatic rings. The molecule has 0 atom stereocenters. The zero-order valence-corrected chi connectivity index (χ0v) is 14.1. The lowest BCUT2D eigenvalue weighted by atomic mass is 10.2. The summed E-state index contributed by atoms with van der Waals surface area (Å²) in [5.41, 5.74) is 2.67. The van der Waals surface area contributed by atoms with E-state index in [0.717, 1.165) is 25.4 Å². The van der Waals surface area contributed by atoms with Crippen LogP contribution in [0.3, 0.4) is 0 Å². The third-order valence-electron chi connectivity index (χ3n) is 4.77. The van der Waals surface area contributed by atoms with Crippen molar-refractivity contribution in [2.45, 2.75) is 13.5 Å². The van der Waals surface area contributed by atoms with Crippen molar-refractivity contribution in [2.24, 2.45) is 0 Å². The van der Waals surface area contributed by atoms with Crippen LogP contribution >= 0.6 is 0 Å². The fourth-order valence-electron chi connectivity index (χ4n) is 3.29. The number of piperazine rings is 1. The largest absolute Gasteiger partial charge is 0.487 e. The Morgan fingerprint density at radius 3 is 2.22 bits per heavy atom. The molecular weight excluding hydrogens is 284 g/mol. The van der Waals surface area contributed by atoms with E-state index in [1.165, 1.54) is 37.3 Å². The van der Waals surface area contributed by atoms with Gasteiger partial charge in [0, 0.05) is 5.56 Å². The molecule has 1 fully saturated rings. The third kappa shape index (κ3) is 4.81. The smallest absolute Gasteiger partial charge is 0.137 e. The van der Waals surface area contributed by atoms with Gasteiger partial charge in [0.25, 0.3) is 0 Å². The Kier molecular flexibility index (Phi) is 5.67. The molecule has 0 aromatic heterocycles. The molecule has 3 rings (SSSR count). The topological polar surface area (TPSA) is 18.1 Å². The van der Waals surface area contributed by atoms with Gasteiger partial charge < -0.3 is 14.5 Å². The highest BCUT2D eigenvalue weighted by Gasteiger charge is 2.22. The summed E-state index contributed by atoms with van der Waals surface area (Å²) in [4.78, 5) is 3.38. The van der Waals surface area contributed by atoms with Crippen molar-refractivity contribution in [3.63, 3.8) is 0 Å². The molecule has 2 aromatic rings. The summed E-state index contributed by atoms with van der Waals surface area (Å²) in [7, 11) is 0. The monoisotopic (exact) mass is 312 g/mol. The Hall–Kier alpha value is -1.84. The van der Waals surface area contributed by atoms with Crippen LogP contribution in [0.1, 0.15) is 11.1 Å². The molecule has 3 nitrogen and oxygen atoms in total. The van der Waals surface area contributed by atoms with Gasteiger partial charge in [0.15, 0.2) is 0 Å². The van der Waals surface area contributed by atoms with E-state index in [1.807, 2.05) is 6.07 Å². The van der Waals surface area contributed by atoms with Gasteiger partial charge in [-0.25, -0.2) is 0 Å². The van der Waals surface area contributed by atoms with Gasteiger partial charge in [-0.3, -0.25) is 0 Å². The van der Waals surface area contributed by atoms with Gasteiger partial charge >= 0.3 is 0 Å². The Morgan fingerprint density at radius 1 is 0.826 bits per heavy atom. The third-order valence-corrected chi connectivity index (χ3v) is 4.77. The number of hydrogen-bond donors (Lipinski definition) is 2. The Balaban J connectivity index is 1.37. The molecule has 122 valence electrons. The molecule has 1 heterocycles. The van der Waals surface area contributed by atoms with Crippen LogP contribution in [0.4, 0.5) is 0 Å². The van der Waals surface area contributed by atoms with Crippen LogP contribution < -0.4 is 14.5 Å². The van der Waals surface area contributed by atoms with Crippen LogP contribution in [0, 0.1) is 6.92 Å². The van der Waals surface area contributed by atoms with Crippen molar-refractivity contribution in [2.75, 3.05) is 39.3 Å². The van der Waals surface area contributed by atoms with Gasteiger partial charge in [-0.15, -0.1) is 0 Å². The second-order valence-electron chi connectivity index (χ2n) is 6.53. The van der Waals surface area contributed by atoms with E-state index in [-0.39, 0.29) is 0 Å². The fourth-order valence-corrected chi connectivity index (χ4v) is 3.29. The summed E-state index contributed by atoms with van der Waals surface area (Å²) in [5, 5.41) is 0. The van der Waals surface area contributed by atoms with E-state index in [9.17, 15) is 0 Å². The summed E-state index contributed by atoms with van der Waals surface area (Å²) in [6, 6.07) is 19.1. The van der Waals surface area contributed by atoms with Crippen molar-refractivity contribution in [3.8, 4) is 5.75 Å². The van der Waals surface area contributed by atoms with E-state index in [1.54, 1.807) is 9.80 Å². The van der Waals surface area contributed by atoms with Crippen LogP contribution in [0.25, 0.3) is 0 Å². The van der Waals surface area contributed by atoms with Crippen LogP contribution in [0.2, 0.25) is 0 Å². The van der Waals surface area contributed by atoms with Crippen LogP contribution in [0.15, 0.2) is 54.6 Å². The highest BCUT2D eigenvalue weighted by Crippen LogP contribution is 2.15. The molecule has 0 bridgehead atoms. The number of nitrogens with one attached hydrogen (secondary N) is 2. The zero-order valence-electron chi connectivity index (χ0n) is 14.1. The minimum Gasteiger partial charge on any atom is -0.487 e. The average molecular weight is 312 g/mol. The molecule has 0 unspecified atom stereocenters. The molecule has 0 spiro atoms. The van der Waals surface area contributed by atoms with Crippen molar-refractivity contribution in [1.82, 2.24) is 0 Å². The van der Waals surface area contributed by atoms with Crippen molar-refractivity contribution >= 4 is 0 Å². The van der Waals surface area contributed by atoms with Gasteiger partial charge in [-0.05, 0) is 18.6 Å². The second kappa shape index (κ2) is 8.14. The summed E-state index contributed by atoms with van der Waals surface area (Å²) in [6.07, 6.45) is 0. The second-order valence-corrected chi connectivity index (χ2v) is 6.53. The van der Waals surface area contributed by atoms with E-state index in [4.69, 9.17) is 4.74 Å². The summed E-state index contributed by atoms with van der Waals surface area (Å²) in [6.45, 7) is 10.2. The highest BCUT2D eigenvalue weighted by atomic mass is 16.5. The standard InChI is InChI=1S/C20H26N2O/c1-18-7-5-6-10-20(18)23-16-15-21-11-13-22(14-12-21)17-19-8-3-2-4-9-19/h2-10H,11-17H2,1H3/p+2. The molecule has 0 aliphatic carbocycles. The lowest BCUT2D eigenvalue weighted by molar-refractivity contribution is -1.02. The summed E-state index contributed by atoms with van der Waals surface area (Å²) >= 11 is 0. The van der Waals surface area contributed by atoms with Crippen molar-refractivity contribution in [3.05, 3.63) is 65.7 Å². The highest BCUT2D eigenvalue weighted by molar-refractivity contribution is 5.31. The van der Waals surface area contributed by atoms with Gasteiger partial charge in [0.1, 0.15) is 51.6 Å². The van der Waals surface area contributed by atoms with E-state index in [0.29, 0.717) is 0 Å². The van der Waals surface area contributed by atoms with E-state index >= 15 is 0 Å². The average Bonchev–Trinajstić information content (AvgIpc) is 2.59. The maximum absolute atomic E-state index is 5.93. The lowest BCUT2D eigenvalue weighted by Crippen LogP contribution is -3.27. The molecule has 1 aliphatic heterocycles. The van der Waals surface area contributed by atoms with E-state index < -0.39 is 0 Å². The van der Waals surface area contributed by atoms with Crippen molar-refractivity contribution < 1.29 is 14.5 Å². The molecule has 0 amide bonds. The molecule has 23 heavy (non-hydrogen) atoms. The van der Waals surface area contributed by atoms with Gasteiger partial charge in [0.2, 0.25) is 0 Å². The normalized spacial score (nSPS) is 21.1. The van der Waals surface area contributed by atoms with Gasteiger partial charge in [-0.1, -0.05) is 48.5 Å². The number of rotatable bonds is 6. The van der Waals surface area contributed by atoms with E-state index in [2.05, 4.69) is 55.5 Å². The van der Waals surface area contributed by atoms with Crippen LogP contribution in [0.5, 0.6) is 5.75 Å². The first kappa shape index (κ1) is 16.0. The Labute approximate surface area is 139 Å². The number of quaternary nitrogens is 2. The predicted molar refractivity (Wildman–Crippen MR) is 93.1 cm³/mol. The first-order valence-corrected chi connectivity index (χ1v) is 8.71. The SMILES string of the molecule is Cc1ccccc1OCC[NH+]1CC[NH+](Cc2ccccc2)CC1. The number of benzene rings is 2. The first-order chi connectivity index (χ1) is 11.3. The number of aryl methyl sites for hydroxylation is 1. The minimum atomic E-state index is 0.814. The Morgan fingerprint density at radius 2 is 1.48 bits per heavy atom. The molecular formula is C20H28N2O+2. The zero-order chi connectivity index (χ0) is 15.9. The molecule has 0 radical (unpaired) electrons. The maximum Gasteiger partial charge on any atom is 0.137 e. The molecule has 2 N–H and O–H groups in total. The molecule has 2 aromatic carbocycles. The maximum atomic E-state index is 5.93. The summed E-state index contributed by atoms with van der Waals surface area (Å²) < 4.78 is 5.93. The summed E-state index contributed by atoms with van der Waals surface area (Å²) in [5.74, 6) is 1.03. The first-order valence-electron chi connectivity index (χ1n) is 8.71. The predicted octanol–water partition coefficient (Wildman–Crippen LogP) is 0.357. The number of ether oxygens (including phenoxy) is 1. The molecule has 3 heteroatoms. The molecule has 1 saturated heterocycles. The molecule has 0 saturated carbocycles. The minimum absolute atomic E-state index is 0.814. The van der Waals surface area contributed by atoms with Gasteiger partial charge in [-0.2, -0.15) is 0 Å². The Bertz CT molecular complexity index is 592. The quantitative estimate of drug-likeness (QED) is 0.788.